The Bertz CT molecular complexity index is 1150. The number of aryl methyl sites for hydroxylation is 2. The van der Waals surface area contributed by atoms with Crippen LogP contribution in [0.5, 0.6) is 5.75 Å². The smallest absolute Gasteiger partial charge is 0.339 e. The van der Waals surface area contributed by atoms with Crippen LogP contribution in [0.3, 0.4) is 0 Å². The van der Waals surface area contributed by atoms with E-state index in [1.807, 2.05) is 6.92 Å². The van der Waals surface area contributed by atoms with Crippen LogP contribution in [0, 0.1) is 18.6 Å². The van der Waals surface area contributed by atoms with E-state index < -0.39 is 17.5 Å². The molecule has 144 valence electrons. The fourth-order valence-corrected chi connectivity index (χ4v) is 3.54. The topological polar surface area (TPSA) is 68.5 Å². The van der Waals surface area contributed by atoms with E-state index in [0.29, 0.717) is 34.8 Å². The highest BCUT2D eigenvalue weighted by atomic mass is 19.1. The van der Waals surface area contributed by atoms with Gasteiger partial charge in [0.15, 0.2) is 6.61 Å². The first-order valence-electron chi connectivity index (χ1n) is 8.89. The van der Waals surface area contributed by atoms with E-state index in [1.165, 1.54) is 0 Å². The second-order valence-corrected chi connectivity index (χ2v) is 6.80. The van der Waals surface area contributed by atoms with Gasteiger partial charge in [-0.3, -0.25) is 4.79 Å². The molecule has 3 aromatic rings. The molecule has 1 N–H and O–H groups in total. The number of halogens is 2. The molecule has 28 heavy (non-hydrogen) atoms. The lowest BCUT2D eigenvalue weighted by molar-refractivity contribution is -0.118. The van der Waals surface area contributed by atoms with Crippen LogP contribution in [-0.4, -0.2) is 12.5 Å². The number of hydrogen-bond acceptors (Lipinski definition) is 4. The third kappa shape index (κ3) is 3.35. The molecule has 0 atom stereocenters. The molecule has 1 aliphatic carbocycles. The Balaban J connectivity index is 1.60. The van der Waals surface area contributed by atoms with Crippen LogP contribution in [-0.2, 0) is 17.6 Å². The lowest BCUT2D eigenvalue weighted by atomic mass is 10.0. The predicted octanol–water partition coefficient (Wildman–Crippen LogP) is 3.89. The molecule has 0 saturated heterocycles. The average Bonchev–Trinajstić information content (AvgIpc) is 3.12. The second kappa shape index (κ2) is 7.07. The van der Waals surface area contributed by atoms with Gasteiger partial charge in [0.1, 0.15) is 23.0 Å². The molecule has 1 aromatic heterocycles. The minimum Gasteiger partial charge on any atom is -0.483 e. The van der Waals surface area contributed by atoms with Gasteiger partial charge in [0.2, 0.25) is 0 Å². The van der Waals surface area contributed by atoms with Crippen LogP contribution in [0.15, 0.2) is 39.5 Å². The van der Waals surface area contributed by atoms with Gasteiger partial charge < -0.3 is 14.5 Å². The van der Waals surface area contributed by atoms with Crippen LogP contribution >= 0.6 is 0 Å². The maximum atomic E-state index is 13.7. The van der Waals surface area contributed by atoms with Crippen molar-refractivity contribution in [2.75, 3.05) is 11.9 Å². The fourth-order valence-electron chi connectivity index (χ4n) is 3.54. The summed E-state index contributed by atoms with van der Waals surface area (Å²) in [5.74, 6) is -1.75. The summed E-state index contributed by atoms with van der Waals surface area (Å²) >= 11 is 0. The first kappa shape index (κ1) is 18.2. The van der Waals surface area contributed by atoms with E-state index in [9.17, 15) is 18.4 Å². The van der Waals surface area contributed by atoms with E-state index >= 15 is 0 Å². The summed E-state index contributed by atoms with van der Waals surface area (Å²) in [4.78, 5) is 24.3. The summed E-state index contributed by atoms with van der Waals surface area (Å²) in [6, 6.07) is 6.42. The number of rotatable bonds is 4. The number of amides is 1. The van der Waals surface area contributed by atoms with Crippen LogP contribution in [0.25, 0.3) is 11.0 Å². The lowest BCUT2D eigenvalue weighted by Gasteiger charge is -2.13. The predicted molar refractivity (Wildman–Crippen MR) is 99.7 cm³/mol. The van der Waals surface area contributed by atoms with E-state index in [4.69, 9.17) is 9.15 Å². The van der Waals surface area contributed by atoms with Gasteiger partial charge >= 0.3 is 5.63 Å². The maximum Gasteiger partial charge on any atom is 0.339 e. The van der Waals surface area contributed by atoms with Crippen LogP contribution in [0.2, 0.25) is 0 Å². The van der Waals surface area contributed by atoms with Crippen molar-refractivity contribution < 1.29 is 22.7 Å². The molecule has 5 nitrogen and oxygen atoms in total. The molecule has 0 fully saturated rings. The third-order valence-corrected chi connectivity index (χ3v) is 4.74. The van der Waals surface area contributed by atoms with Crippen LogP contribution in [0.1, 0.15) is 23.1 Å². The molecule has 0 radical (unpaired) electrons. The van der Waals surface area contributed by atoms with Gasteiger partial charge in [0, 0.05) is 11.6 Å². The second-order valence-electron chi connectivity index (χ2n) is 6.80. The summed E-state index contributed by atoms with van der Waals surface area (Å²) < 4.78 is 37.8. The fraction of sp³-hybridized carbons (Fsp3) is 0.238. The van der Waals surface area contributed by atoms with Gasteiger partial charge in [-0.2, -0.15) is 0 Å². The zero-order valence-electron chi connectivity index (χ0n) is 15.1. The molecular weight excluding hydrogens is 368 g/mol. The number of benzene rings is 2. The Hall–Kier alpha value is -3.22. The number of fused-ring (bicyclic) bond motifs is 3. The lowest BCUT2D eigenvalue weighted by Crippen LogP contribution is -2.21. The molecule has 1 heterocycles. The summed E-state index contributed by atoms with van der Waals surface area (Å²) in [7, 11) is 0. The van der Waals surface area contributed by atoms with Crippen molar-refractivity contribution in [3.05, 3.63) is 69.1 Å². The summed E-state index contributed by atoms with van der Waals surface area (Å²) in [6.45, 7) is 1.46. The molecule has 1 aliphatic rings. The van der Waals surface area contributed by atoms with E-state index in [2.05, 4.69) is 5.32 Å². The van der Waals surface area contributed by atoms with Gasteiger partial charge in [-0.15, -0.1) is 0 Å². The van der Waals surface area contributed by atoms with Gasteiger partial charge in [-0.1, -0.05) is 0 Å². The van der Waals surface area contributed by atoms with Gasteiger partial charge in [0.25, 0.3) is 5.91 Å². The van der Waals surface area contributed by atoms with Crippen LogP contribution < -0.4 is 15.7 Å². The van der Waals surface area contributed by atoms with Crippen molar-refractivity contribution in [2.45, 2.75) is 26.2 Å². The summed E-state index contributed by atoms with van der Waals surface area (Å²) in [5.41, 5.74) is 2.32. The Morgan fingerprint density at radius 3 is 2.75 bits per heavy atom. The van der Waals surface area contributed by atoms with Crippen molar-refractivity contribution in [1.82, 2.24) is 0 Å². The third-order valence-electron chi connectivity index (χ3n) is 4.74. The average molecular weight is 385 g/mol. The molecule has 0 bridgehead atoms. The largest absolute Gasteiger partial charge is 0.483 e. The maximum absolute atomic E-state index is 13.7. The van der Waals surface area contributed by atoms with Crippen molar-refractivity contribution in [1.29, 1.82) is 0 Å². The zero-order chi connectivity index (χ0) is 19.8. The highest BCUT2D eigenvalue weighted by molar-refractivity contribution is 5.93. The zero-order valence-corrected chi connectivity index (χ0v) is 15.1. The number of ether oxygens (including phenoxy) is 1. The van der Waals surface area contributed by atoms with Crippen molar-refractivity contribution in [2.24, 2.45) is 0 Å². The van der Waals surface area contributed by atoms with Gasteiger partial charge in [-0.05, 0) is 61.6 Å². The summed E-state index contributed by atoms with van der Waals surface area (Å²) in [5, 5.41) is 3.05. The minimum absolute atomic E-state index is 0.129. The van der Waals surface area contributed by atoms with E-state index in [1.54, 1.807) is 12.1 Å². The Labute approximate surface area is 158 Å². The number of carbonyl (C=O) groups is 1. The number of nitrogens with one attached hydrogen (secondary N) is 1. The van der Waals surface area contributed by atoms with Crippen molar-refractivity contribution >= 4 is 22.6 Å². The van der Waals surface area contributed by atoms with Crippen molar-refractivity contribution in [3.63, 3.8) is 0 Å². The molecule has 0 saturated carbocycles. The highest BCUT2D eigenvalue weighted by Gasteiger charge is 2.22. The van der Waals surface area contributed by atoms with Crippen LogP contribution in [0.4, 0.5) is 14.5 Å². The monoisotopic (exact) mass is 385 g/mol. The molecule has 0 unspecified atom stereocenters. The Morgan fingerprint density at radius 1 is 1.18 bits per heavy atom. The standard InChI is InChI=1S/C21H17F2NO4/c1-11-7-17(20-13-3-2-4-14(13)21(26)28-18(20)8-11)27-10-19(25)24-16-6-5-12(22)9-15(16)23/h5-9H,2-4,10H2,1H3,(H,24,25). The van der Waals surface area contributed by atoms with E-state index in [0.717, 1.165) is 36.1 Å². The Morgan fingerprint density at radius 2 is 1.96 bits per heavy atom. The first-order chi connectivity index (χ1) is 13.4. The molecule has 7 heteroatoms. The molecule has 0 spiro atoms. The molecule has 4 rings (SSSR count). The number of carbonyl (C=O) groups excluding carboxylic acids is 1. The quantitative estimate of drug-likeness (QED) is 0.692. The van der Waals surface area contributed by atoms with Gasteiger partial charge in [0.05, 0.1) is 11.1 Å². The molecule has 0 aliphatic heterocycles. The SMILES string of the molecule is Cc1cc(OCC(=O)Nc2ccc(F)cc2F)c2c3c(c(=O)oc2c1)CCC3. The number of anilines is 1. The molecular formula is C21H17F2NO4. The normalized spacial score (nSPS) is 12.8. The minimum atomic E-state index is -0.867. The molecule has 2 aromatic carbocycles. The van der Waals surface area contributed by atoms with Gasteiger partial charge in [-0.25, -0.2) is 13.6 Å². The summed E-state index contributed by atoms with van der Waals surface area (Å²) in [6.07, 6.45) is 2.26. The first-order valence-corrected chi connectivity index (χ1v) is 8.89. The number of hydrogen-bond donors (Lipinski definition) is 1. The van der Waals surface area contributed by atoms with E-state index in [-0.39, 0.29) is 17.9 Å². The van der Waals surface area contributed by atoms with Crippen molar-refractivity contribution in [3.8, 4) is 5.75 Å². The Kier molecular flexibility index (Phi) is 4.58. The highest BCUT2D eigenvalue weighted by Crippen LogP contribution is 2.35. The molecule has 1 amide bonds.